The topological polar surface area (TPSA) is 3.24 Å². The van der Waals surface area contributed by atoms with Crippen LogP contribution < -0.4 is 4.90 Å². The van der Waals surface area contributed by atoms with Gasteiger partial charge in [-0.2, -0.15) is 0 Å². The second kappa shape index (κ2) is 13.8. The van der Waals surface area contributed by atoms with Gasteiger partial charge >= 0.3 is 19.5 Å². The van der Waals surface area contributed by atoms with E-state index < -0.39 is 0 Å². The first kappa shape index (κ1) is 32.1. The maximum Gasteiger partial charge on any atom is 1.00 e. The van der Waals surface area contributed by atoms with Gasteiger partial charge in [0.1, 0.15) is 0 Å². The average Bonchev–Trinajstić information content (AvgIpc) is 2.98. The molecule has 1 aromatic rings. The predicted octanol–water partition coefficient (Wildman–Crippen LogP) is 9.19. The third-order valence-corrected chi connectivity index (χ3v) is 11.6. The van der Waals surface area contributed by atoms with Gasteiger partial charge in [0.15, 0.2) is 0 Å². The molecule has 3 heteroatoms. The zero-order chi connectivity index (χ0) is 24.0. The molecule has 1 heterocycles. The van der Waals surface area contributed by atoms with E-state index in [0.717, 1.165) is 29.8 Å². The number of aryl methyl sites for hydroxylation is 2. The third kappa shape index (κ3) is 7.80. The summed E-state index contributed by atoms with van der Waals surface area (Å²) < 4.78 is 0. The fourth-order valence-electron chi connectivity index (χ4n) is 5.84. The minimum Gasteiger partial charge on any atom is -0.517 e. The maximum absolute atomic E-state index is 2.63. The first-order chi connectivity index (χ1) is 14.4. The van der Waals surface area contributed by atoms with Crippen molar-refractivity contribution in [1.29, 1.82) is 0 Å². The Bertz CT molecular complexity index is 630. The molecule has 2 atom stereocenters. The van der Waals surface area contributed by atoms with Crippen molar-refractivity contribution in [2.75, 3.05) is 4.90 Å². The Morgan fingerprint density at radius 1 is 0.844 bits per heavy atom. The van der Waals surface area contributed by atoms with E-state index in [1.54, 1.807) is 0 Å². The summed E-state index contributed by atoms with van der Waals surface area (Å²) >= 11 is 0. The largest absolute Gasteiger partial charge is 1.00 e. The second-order valence-electron chi connectivity index (χ2n) is 11.1. The molecule has 0 bridgehead atoms. The van der Waals surface area contributed by atoms with Crippen LogP contribution in [0.3, 0.4) is 0 Å². The average molecular weight is 549 g/mol. The summed E-state index contributed by atoms with van der Waals surface area (Å²) in [6.45, 7) is 30.8. The van der Waals surface area contributed by atoms with E-state index in [1.807, 2.05) is 0 Å². The third-order valence-electron chi connectivity index (χ3n) is 7.58. The van der Waals surface area contributed by atoms with E-state index in [9.17, 15) is 0 Å². The molecule has 1 aliphatic rings. The van der Waals surface area contributed by atoms with Crippen molar-refractivity contribution in [2.24, 2.45) is 5.41 Å². The molecule has 187 valence electrons. The van der Waals surface area contributed by atoms with Crippen molar-refractivity contribution in [2.45, 2.75) is 138 Å². The SMILES string of the molecule is CC(C)[PH+](C(C)C)C(C)C.CCc1cccc(CC)c1N1[CH-]C(C)(CC)CC1(C)CC.[Ru+]. The quantitative estimate of drug-likeness (QED) is 0.178. The van der Waals surface area contributed by atoms with Crippen LogP contribution in [0.1, 0.15) is 113 Å². The molecule has 1 aliphatic heterocycles. The molecule has 1 radical (unpaired) electrons. The number of rotatable bonds is 8. The number of nitrogens with zero attached hydrogens (tertiary/aromatic N) is 1. The van der Waals surface area contributed by atoms with E-state index in [-0.39, 0.29) is 32.9 Å². The van der Waals surface area contributed by atoms with Gasteiger partial charge in [-0.1, -0.05) is 65.7 Å². The molecule has 2 rings (SSSR count). The summed E-state index contributed by atoms with van der Waals surface area (Å²) in [5.41, 5.74) is 7.86. The van der Waals surface area contributed by atoms with Crippen LogP contribution in [0.15, 0.2) is 18.2 Å². The maximum atomic E-state index is 2.63. The Morgan fingerprint density at radius 3 is 1.56 bits per heavy atom. The van der Waals surface area contributed by atoms with Gasteiger partial charge < -0.3 is 4.90 Å². The molecule has 2 unspecified atom stereocenters. The molecular weight excluding hydrogens is 494 g/mol. The van der Waals surface area contributed by atoms with Crippen LogP contribution in [0, 0.1) is 12.0 Å². The van der Waals surface area contributed by atoms with Crippen molar-refractivity contribution < 1.29 is 19.5 Å². The molecule has 32 heavy (non-hydrogen) atoms. The Labute approximate surface area is 216 Å². The van der Waals surface area contributed by atoms with Gasteiger partial charge in [-0.3, -0.25) is 0 Å². The van der Waals surface area contributed by atoms with Crippen LogP contribution in [0.5, 0.6) is 0 Å². The van der Waals surface area contributed by atoms with Gasteiger partial charge in [0.25, 0.3) is 0 Å². The van der Waals surface area contributed by atoms with Crippen molar-refractivity contribution in [3.05, 3.63) is 35.9 Å². The van der Waals surface area contributed by atoms with Crippen molar-refractivity contribution in [3.8, 4) is 0 Å². The van der Waals surface area contributed by atoms with E-state index >= 15 is 0 Å². The van der Waals surface area contributed by atoms with Crippen LogP contribution in [-0.4, -0.2) is 22.5 Å². The Hall–Kier alpha value is 0.0734. The smallest absolute Gasteiger partial charge is 0.517 e. The number of anilines is 1. The zero-order valence-corrected chi connectivity index (χ0v) is 26.1. The first-order valence-electron chi connectivity index (χ1n) is 13.0. The van der Waals surface area contributed by atoms with Gasteiger partial charge in [-0.25, -0.2) is 6.54 Å². The van der Waals surface area contributed by atoms with Crippen LogP contribution in [0.2, 0.25) is 0 Å². The normalized spacial score (nSPS) is 23.1. The molecule has 0 aliphatic carbocycles. The number of para-hydroxylation sites is 1. The summed E-state index contributed by atoms with van der Waals surface area (Å²) in [6.07, 6.45) is 5.88. The van der Waals surface area contributed by atoms with Gasteiger partial charge in [0, 0.05) is 19.1 Å². The molecule has 0 amide bonds. The van der Waals surface area contributed by atoms with Crippen LogP contribution in [0.4, 0.5) is 5.69 Å². The van der Waals surface area contributed by atoms with E-state index in [4.69, 9.17) is 0 Å². The molecular formula is C29H54NPRu+. The molecule has 0 spiro atoms. The molecule has 1 saturated heterocycles. The van der Waals surface area contributed by atoms with Crippen molar-refractivity contribution in [3.63, 3.8) is 0 Å². The predicted molar refractivity (Wildman–Crippen MR) is 147 cm³/mol. The first-order valence-corrected chi connectivity index (χ1v) is 14.8. The van der Waals surface area contributed by atoms with Gasteiger partial charge in [-0.05, 0) is 78.9 Å². The monoisotopic (exact) mass is 549 g/mol. The van der Waals surface area contributed by atoms with Crippen molar-refractivity contribution >= 4 is 13.6 Å². The summed E-state index contributed by atoms with van der Waals surface area (Å²) in [5, 5.41) is 0. The fourth-order valence-corrected chi connectivity index (χ4v) is 9.84. The number of hydrogen-bond donors (Lipinski definition) is 0. The summed E-state index contributed by atoms with van der Waals surface area (Å²) in [7, 11) is -0.0957. The van der Waals surface area contributed by atoms with E-state index in [0.29, 0.717) is 5.41 Å². The van der Waals surface area contributed by atoms with Gasteiger partial charge in [-0.15, -0.1) is 5.41 Å². The van der Waals surface area contributed by atoms with Gasteiger partial charge in [0.05, 0.1) is 17.0 Å². The molecule has 1 fully saturated rings. The van der Waals surface area contributed by atoms with Crippen LogP contribution in [-0.2, 0) is 32.3 Å². The summed E-state index contributed by atoms with van der Waals surface area (Å²) in [6, 6.07) is 6.83. The molecule has 0 saturated carbocycles. The second-order valence-corrected chi connectivity index (χ2v) is 15.6. The summed E-state index contributed by atoms with van der Waals surface area (Å²) in [4.78, 5) is 2.63. The van der Waals surface area contributed by atoms with E-state index in [2.05, 4.69) is 113 Å². The zero-order valence-electron chi connectivity index (χ0n) is 23.4. The summed E-state index contributed by atoms with van der Waals surface area (Å²) in [5.74, 6) is 0. The molecule has 0 N–H and O–H groups in total. The Kier molecular flexibility index (Phi) is 13.9. The van der Waals surface area contributed by atoms with E-state index in [1.165, 1.54) is 36.1 Å². The fraction of sp³-hybridized carbons (Fsp3) is 0.759. The molecule has 1 aromatic carbocycles. The molecule has 1 nitrogen and oxygen atoms in total. The van der Waals surface area contributed by atoms with Gasteiger partial charge in [0.2, 0.25) is 0 Å². The van der Waals surface area contributed by atoms with Crippen molar-refractivity contribution in [1.82, 2.24) is 0 Å². The minimum atomic E-state index is -0.0957. The Balaban J connectivity index is 0.000000747. The van der Waals surface area contributed by atoms with Crippen LogP contribution in [0.25, 0.3) is 0 Å². The molecule has 0 aromatic heterocycles. The van der Waals surface area contributed by atoms with Crippen LogP contribution >= 0.6 is 7.92 Å². The standard InChI is InChI=1S/C20H32N.C9H21P.Ru/c1-7-16-12-11-13-17(8-2)18(16)21-15-19(5,9-3)14-20(21,6)10-4;1-7(2)10(8(3)4)9(5)6;/h11-13,15H,7-10,14H2,1-6H3;7-9H,1-6H3;/q-1;;+1/p+1. The Morgan fingerprint density at radius 2 is 1.28 bits per heavy atom. The number of hydrogen-bond acceptors (Lipinski definition) is 1. The minimum absolute atomic E-state index is 0. The number of benzene rings is 1.